The van der Waals surface area contributed by atoms with E-state index in [9.17, 15) is 0 Å². The maximum atomic E-state index is 2.54. The lowest BCUT2D eigenvalue weighted by Crippen LogP contribution is -2.15. The van der Waals surface area contributed by atoms with E-state index >= 15 is 0 Å². The highest BCUT2D eigenvalue weighted by molar-refractivity contribution is 5.89. The Balaban J connectivity index is 1.58. The summed E-state index contributed by atoms with van der Waals surface area (Å²) in [5.74, 6) is 0. The Bertz CT molecular complexity index is 1810. The molecule has 0 nitrogen and oxygen atoms in total. The third-order valence-corrected chi connectivity index (χ3v) is 9.77. The summed E-state index contributed by atoms with van der Waals surface area (Å²) in [6, 6.07) is 36.9. The lowest BCUT2D eigenvalue weighted by Gasteiger charge is -2.25. The molecule has 0 heterocycles. The molecule has 218 valence electrons. The summed E-state index contributed by atoms with van der Waals surface area (Å²) < 4.78 is 0. The van der Waals surface area contributed by atoms with Gasteiger partial charge in [0.05, 0.1) is 0 Å². The van der Waals surface area contributed by atoms with Crippen molar-refractivity contribution in [2.24, 2.45) is 0 Å². The summed E-state index contributed by atoms with van der Waals surface area (Å²) in [7, 11) is 0. The zero-order chi connectivity index (χ0) is 30.5. The molecule has 1 aliphatic rings. The number of hydrogen-bond acceptors (Lipinski definition) is 0. The van der Waals surface area contributed by atoms with Crippen molar-refractivity contribution in [3.63, 3.8) is 0 Å². The summed E-state index contributed by atoms with van der Waals surface area (Å²) in [6.07, 6.45) is 3.14. The Morgan fingerprint density at radius 1 is 0.605 bits per heavy atom. The van der Waals surface area contributed by atoms with Gasteiger partial charge in [-0.3, -0.25) is 0 Å². The highest BCUT2D eigenvalue weighted by Gasteiger charge is 2.36. The maximum Gasteiger partial charge on any atom is 0.0158 e. The monoisotopic (exact) mass is 562 g/mol. The Labute approximate surface area is 259 Å². The zero-order valence-electron chi connectivity index (χ0n) is 27.4. The average Bonchev–Trinajstić information content (AvgIpc) is 3.19. The molecule has 5 aromatic carbocycles. The number of rotatable bonds is 6. The largest absolute Gasteiger partial charge is 0.0651 e. The fourth-order valence-electron chi connectivity index (χ4n) is 7.32. The molecule has 0 N–H and O–H groups in total. The minimum atomic E-state index is 0.0125. The molecule has 5 aromatic rings. The van der Waals surface area contributed by atoms with Crippen LogP contribution < -0.4 is 0 Å². The summed E-state index contributed by atoms with van der Waals surface area (Å²) in [6.45, 7) is 18.7. The fourth-order valence-corrected chi connectivity index (χ4v) is 7.32. The molecule has 0 aromatic heterocycles. The van der Waals surface area contributed by atoms with Gasteiger partial charge in [0.1, 0.15) is 0 Å². The van der Waals surface area contributed by atoms with Crippen molar-refractivity contribution in [3.05, 3.63) is 142 Å². The van der Waals surface area contributed by atoms with Crippen molar-refractivity contribution in [1.82, 2.24) is 0 Å². The first-order valence-corrected chi connectivity index (χ1v) is 16.1. The SMILES string of the molecule is CCCc1cc2c(cc1-c1c(C)ccc(-c3cc(C(C)(C)C)ccc3Cc3ccccc3)c1C)-c1ccccc1C2(C)C. The second kappa shape index (κ2) is 11.0. The van der Waals surface area contributed by atoms with Crippen LogP contribution in [0.25, 0.3) is 33.4 Å². The number of fused-ring (bicyclic) bond motifs is 3. The molecular formula is C43H46. The van der Waals surface area contributed by atoms with Crippen LogP contribution in [0.15, 0.2) is 97.1 Å². The van der Waals surface area contributed by atoms with Crippen LogP contribution in [0.5, 0.6) is 0 Å². The molecule has 0 heteroatoms. The highest BCUT2D eigenvalue weighted by Crippen LogP contribution is 2.51. The number of benzene rings is 5. The van der Waals surface area contributed by atoms with Gasteiger partial charge in [-0.1, -0.05) is 139 Å². The summed E-state index contributed by atoms with van der Waals surface area (Å²) in [4.78, 5) is 0. The Hall–Kier alpha value is -3.90. The smallest absolute Gasteiger partial charge is 0.0158 e. The van der Waals surface area contributed by atoms with Gasteiger partial charge >= 0.3 is 0 Å². The molecule has 0 aliphatic heterocycles. The average molecular weight is 563 g/mol. The van der Waals surface area contributed by atoms with Crippen molar-refractivity contribution < 1.29 is 0 Å². The van der Waals surface area contributed by atoms with Crippen LogP contribution in [0.3, 0.4) is 0 Å². The normalized spacial score (nSPS) is 13.6. The van der Waals surface area contributed by atoms with Crippen LogP contribution in [0.4, 0.5) is 0 Å². The molecule has 0 saturated heterocycles. The van der Waals surface area contributed by atoms with Crippen molar-refractivity contribution in [1.29, 1.82) is 0 Å². The predicted octanol–water partition coefficient (Wildman–Crippen LogP) is 11.8. The second-order valence-corrected chi connectivity index (χ2v) is 14.2. The van der Waals surface area contributed by atoms with Crippen LogP contribution in [-0.2, 0) is 23.7 Å². The molecule has 0 amide bonds. The maximum absolute atomic E-state index is 2.54. The van der Waals surface area contributed by atoms with E-state index in [2.05, 4.69) is 152 Å². The van der Waals surface area contributed by atoms with Gasteiger partial charge in [0.15, 0.2) is 0 Å². The topological polar surface area (TPSA) is 0 Å². The standard InChI is InChI=1S/C43H46/c1-9-15-31-25-40-38(35-18-13-14-19-39(35)43(40,7)8)27-37(31)41-28(2)20-23-34(29(41)3)36-26-33(42(4,5)6)22-21-32(36)24-30-16-11-10-12-17-30/h10-14,16-23,25-27H,9,15,24H2,1-8H3. The van der Waals surface area contributed by atoms with Crippen LogP contribution in [0, 0.1) is 13.8 Å². The van der Waals surface area contributed by atoms with Crippen molar-refractivity contribution >= 4 is 0 Å². The first kappa shape index (κ1) is 29.2. The zero-order valence-corrected chi connectivity index (χ0v) is 27.4. The molecule has 0 spiro atoms. The molecule has 0 unspecified atom stereocenters. The quantitative estimate of drug-likeness (QED) is 0.193. The fraction of sp³-hybridized carbons (Fsp3) is 0.302. The summed E-state index contributed by atoms with van der Waals surface area (Å²) >= 11 is 0. The molecule has 1 aliphatic carbocycles. The number of hydrogen-bond donors (Lipinski definition) is 0. The van der Waals surface area contributed by atoms with Crippen LogP contribution in [0.1, 0.15) is 92.5 Å². The lowest BCUT2D eigenvalue weighted by atomic mass is 9.79. The van der Waals surface area contributed by atoms with Gasteiger partial charge in [-0.25, -0.2) is 0 Å². The van der Waals surface area contributed by atoms with Crippen molar-refractivity contribution in [3.8, 4) is 33.4 Å². The molecular weight excluding hydrogens is 516 g/mol. The Kier molecular flexibility index (Phi) is 7.45. The van der Waals surface area contributed by atoms with Gasteiger partial charge in [0, 0.05) is 5.41 Å². The molecule has 6 rings (SSSR count). The Morgan fingerprint density at radius 3 is 2.05 bits per heavy atom. The van der Waals surface area contributed by atoms with E-state index in [1.807, 2.05) is 0 Å². The molecule has 0 atom stereocenters. The van der Waals surface area contributed by atoms with E-state index in [0.29, 0.717) is 0 Å². The van der Waals surface area contributed by atoms with E-state index in [1.165, 1.54) is 77.9 Å². The number of aryl methyl sites for hydroxylation is 2. The molecule has 0 radical (unpaired) electrons. The highest BCUT2D eigenvalue weighted by atomic mass is 14.4. The molecule has 0 fully saturated rings. The molecule has 0 bridgehead atoms. The second-order valence-electron chi connectivity index (χ2n) is 14.2. The van der Waals surface area contributed by atoms with E-state index in [0.717, 1.165) is 19.3 Å². The molecule has 0 saturated carbocycles. The third-order valence-electron chi connectivity index (χ3n) is 9.77. The van der Waals surface area contributed by atoms with Gasteiger partial charge in [-0.2, -0.15) is 0 Å². The first-order valence-electron chi connectivity index (χ1n) is 16.1. The van der Waals surface area contributed by atoms with Crippen molar-refractivity contribution in [2.45, 2.75) is 85.5 Å². The summed E-state index contributed by atoms with van der Waals surface area (Å²) in [5.41, 5.74) is 19.6. The van der Waals surface area contributed by atoms with Crippen molar-refractivity contribution in [2.75, 3.05) is 0 Å². The molecule has 43 heavy (non-hydrogen) atoms. The van der Waals surface area contributed by atoms with Gasteiger partial charge in [-0.15, -0.1) is 0 Å². The minimum absolute atomic E-state index is 0.0125. The van der Waals surface area contributed by atoms with E-state index in [4.69, 9.17) is 0 Å². The predicted molar refractivity (Wildman–Crippen MR) is 186 cm³/mol. The summed E-state index contributed by atoms with van der Waals surface area (Å²) in [5, 5.41) is 0. The lowest BCUT2D eigenvalue weighted by molar-refractivity contribution is 0.590. The minimum Gasteiger partial charge on any atom is -0.0651 e. The van der Waals surface area contributed by atoms with E-state index in [1.54, 1.807) is 0 Å². The first-order chi connectivity index (χ1) is 20.5. The van der Waals surface area contributed by atoms with Crippen LogP contribution in [0.2, 0.25) is 0 Å². The third kappa shape index (κ3) is 5.16. The van der Waals surface area contributed by atoms with Crippen LogP contribution >= 0.6 is 0 Å². The van der Waals surface area contributed by atoms with E-state index < -0.39 is 0 Å². The van der Waals surface area contributed by atoms with E-state index in [-0.39, 0.29) is 10.8 Å². The van der Waals surface area contributed by atoms with Gasteiger partial charge in [-0.05, 0) is 116 Å². The van der Waals surface area contributed by atoms with Gasteiger partial charge in [0.25, 0.3) is 0 Å². The van der Waals surface area contributed by atoms with Crippen LogP contribution in [-0.4, -0.2) is 0 Å². The van der Waals surface area contributed by atoms with Gasteiger partial charge < -0.3 is 0 Å². The van der Waals surface area contributed by atoms with Gasteiger partial charge in [0.2, 0.25) is 0 Å². The Morgan fingerprint density at radius 2 is 1.33 bits per heavy atom.